The summed E-state index contributed by atoms with van der Waals surface area (Å²) in [6.45, 7) is 8.89. The Bertz CT molecular complexity index is 1500. The molecule has 0 bridgehead atoms. The largest absolute Gasteiger partial charge is 0.451 e. The molecule has 2 atom stereocenters. The Balaban J connectivity index is 1.31. The summed E-state index contributed by atoms with van der Waals surface area (Å²) in [7, 11) is 1.90. The average Bonchev–Trinajstić information content (AvgIpc) is 3.53. The molecule has 9 nitrogen and oxygen atoms in total. The minimum Gasteiger partial charge on any atom is -0.451 e. The zero-order valence-corrected chi connectivity index (χ0v) is 24.2. The molecule has 1 saturated carbocycles. The van der Waals surface area contributed by atoms with Crippen LogP contribution in [0.1, 0.15) is 58.2 Å². The Morgan fingerprint density at radius 1 is 0.927 bits per heavy atom. The van der Waals surface area contributed by atoms with E-state index in [1.54, 1.807) is 13.1 Å². The quantitative estimate of drug-likeness (QED) is 0.184. The van der Waals surface area contributed by atoms with E-state index < -0.39 is 11.6 Å². The summed E-state index contributed by atoms with van der Waals surface area (Å²) >= 11 is 0. The number of hydrogen-bond donors (Lipinski definition) is 4. The first kappa shape index (κ1) is 28.3. The smallest absolute Gasteiger partial charge is 0.294 e. The van der Waals surface area contributed by atoms with E-state index in [0.717, 1.165) is 52.3 Å². The number of amides is 1. The lowest BCUT2D eigenvalue weighted by Crippen LogP contribution is -2.51. The minimum absolute atomic E-state index is 0.0388. The summed E-state index contributed by atoms with van der Waals surface area (Å²) < 4.78 is 5.30. The van der Waals surface area contributed by atoms with Gasteiger partial charge in [-0.3, -0.25) is 9.59 Å². The van der Waals surface area contributed by atoms with Crippen LogP contribution in [-0.2, 0) is 20.9 Å². The molecule has 9 heteroatoms. The van der Waals surface area contributed by atoms with Crippen LogP contribution < -0.4 is 10.6 Å². The fraction of sp³-hybridized carbons (Fsp3) is 0.375. The number of H-pyrrole nitrogens is 2. The molecule has 2 aromatic carbocycles. The van der Waals surface area contributed by atoms with E-state index in [-0.39, 0.29) is 17.2 Å². The third kappa shape index (κ3) is 6.10. The SMILES string of the molecule is CNCc1ncc(-c2ccc(-c3ccc(-c4cnc(C(NC(=O)C(C)(OC=O)C5CC5)C(C)(C)C)[nH]4)cc3)cc2)[nH]1. The molecular weight excluding hydrogens is 516 g/mol. The van der Waals surface area contributed by atoms with Crippen LogP contribution in [0, 0.1) is 11.3 Å². The van der Waals surface area contributed by atoms with Gasteiger partial charge in [0.25, 0.3) is 12.4 Å². The number of carbonyl (C=O) groups excluding carboxylic acids is 2. The van der Waals surface area contributed by atoms with Gasteiger partial charge in [0.2, 0.25) is 0 Å². The van der Waals surface area contributed by atoms with Gasteiger partial charge in [0.1, 0.15) is 11.6 Å². The molecule has 5 rings (SSSR count). The number of benzene rings is 2. The van der Waals surface area contributed by atoms with Gasteiger partial charge >= 0.3 is 0 Å². The highest BCUT2D eigenvalue weighted by Crippen LogP contribution is 2.43. The predicted octanol–water partition coefficient (Wildman–Crippen LogP) is 5.40. The molecule has 0 spiro atoms. The van der Waals surface area contributed by atoms with Crippen LogP contribution in [0.3, 0.4) is 0 Å². The zero-order chi connectivity index (χ0) is 29.2. The van der Waals surface area contributed by atoms with Gasteiger partial charge in [-0.25, -0.2) is 9.97 Å². The van der Waals surface area contributed by atoms with Crippen LogP contribution in [0.2, 0.25) is 0 Å². The second kappa shape index (κ2) is 11.3. The van der Waals surface area contributed by atoms with Gasteiger partial charge in [0.15, 0.2) is 5.60 Å². The standard InChI is InChI=1S/C32H38N6O3/c1-31(2,3)28(38-30(40)32(4,41-19-39)24-14-15-24)29-35-17-26(37-29)23-12-8-21(9-13-23)20-6-10-22(11-7-20)25-16-34-27(36-25)18-33-5/h6-13,16-17,19,24,28,33H,14-15,18H2,1-5H3,(H,34,36)(H,35,37)(H,38,40). The highest BCUT2D eigenvalue weighted by atomic mass is 16.5. The monoisotopic (exact) mass is 554 g/mol. The number of aromatic amines is 2. The predicted molar refractivity (Wildman–Crippen MR) is 158 cm³/mol. The average molecular weight is 555 g/mol. The molecule has 2 unspecified atom stereocenters. The first-order valence-electron chi connectivity index (χ1n) is 14.0. The van der Waals surface area contributed by atoms with Crippen molar-refractivity contribution in [3.05, 3.63) is 72.6 Å². The van der Waals surface area contributed by atoms with Crippen molar-refractivity contribution in [2.24, 2.45) is 11.3 Å². The van der Waals surface area contributed by atoms with Gasteiger partial charge in [0.05, 0.1) is 36.4 Å². The summed E-state index contributed by atoms with van der Waals surface area (Å²) in [5.74, 6) is 1.30. The van der Waals surface area contributed by atoms with Crippen LogP contribution in [0.5, 0.6) is 0 Å². The van der Waals surface area contributed by atoms with Crippen LogP contribution >= 0.6 is 0 Å². The summed E-state index contributed by atoms with van der Waals surface area (Å²) in [4.78, 5) is 40.3. The highest BCUT2D eigenvalue weighted by Gasteiger charge is 2.50. The number of ether oxygens (including phenoxy) is 1. The molecule has 0 radical (unpaired) electrons. The number of hydrogen-bond acceptors (Lipinski definition) is 6. The Hall–Kier alpha value is -4.24. The molecular formula is C32H38N6O3. The Labute approximate surface area is 240 Å². The highest BCUT2D eigenvalue weighted by molar-refractivity contribution is 5.87. The molecule has 214 valence electrons. The third-order valence-corrected chi connectivity index (χ3v) is 7.81. The number of rotatable bonds is 11. The van der Waals surface area contributed by atoms with Gasteiger partial charge in [-0.05, 0) is 54.5 Å². The van der Waals surface area contributed by atoms with E-state index in [9.17, 15) is 9.59 Å². The zero-order valence-electron chi connectivity index (χ0n) is 24.2. The van der Waals surface area contributed by atoms with Gasteiger partial charge in [0, 0.05) is 5.92 Å². The lowest BCUT2D eigenvalue weighted by molar-refractivity contribution is -0.159. The molecule has 1 aliphatic rings. The number of imidazole rings is 2. The molecule has 1 aliphatic carbocycles. The van der Waals surface area contributed by atoms with Crippen molar-refractivity contribution >= 4 is 12.4 Å². The maximum absolute atomic E-state index is 13.3. The molecule has 0 aliphatic heterocycles. The molecule has 4 aromatic rings. The molecule has 1 fully saturated rings. The Morgan fingerprint density at radius 2 is 1.46 bits per heavy atom. The van der Waals surface area contributed by atoms with Gasteiger partial charge in [-0.1, -0.05) is 69.3 Å². The van der Waals surface area contributed by atoms with Crippen LogP contribution in [-0.4, -0.2) is 45.0 Å². The second-order valence-corrected chi connectivity index (χ2v) is 12.0. The van der Waals surface area contributed by atoms with Crippen molar-refractivity contribution < 1.29 is 14.3 Å². The maximum Gasteiger partial charge on any atom is 0.294 e. The fourth-order valence-electron chi connectivity index (χ4n) is 5.12. The van der Waals surface area contributed by atoms with E-state index in [0.29, 0.717) is 18.8 Å². The van der Waals surface area contributed by atoms with Gasteiger partial charge in [-0.2, -0.15) is 0 Å². The summed E-state index contributed by atoms with van der Waals surface area (Å²) in [6.07, 6.45) is 5.38. The normalized spacial score (nSPS) is 15.6. The summed E-state index contributed by atoms with van der Waals surface area (Å²) in [5.41, 5.74) is 4.63. The van der Waals surface area contributed by atoms with Crippen molar-refractivity contribution in [1.29, 1.82) is 0 Å². The molecule has 0 saturated heterocycles. The fourth-order valence-corrected chi connectivity index (χ4v) is 5.12. The topological polar surface area (TPSA) is 125 Å². The van der Waals surface area contributed by atoms with Crippen molar-refractivity contribution in [2.75, 3.05) is 7.05 Å². The third-order valence-electron chi connectivity index (χ3n) is 7.81. The van der Waals surface area contributed by atoms with E-state index in [4.69, 9.17) is 4.74 Å². The molecule has 2 aromatic heterocycles. The number of nitrogens with one attached hydrogen (secondary N) is 4. The van der Waals surface area contributed by atoms with Crippen LogP contribution in [0.15, 0.2) is 60.9 Å². The number of aromatic nitrogens is 4. The van der Waals surface area contributed by atoms with Crippen molar-refractivity contribution in [3.63, 3.8) is 0 Å². The minimum atomic E-state index is -1.18. The maximum atomic E-state index is 13.3. The summed E-state index contributed by atoms with van der Waals surface area (Å²) in [6, 6.07) is 16.3. The Kier molecular flexibility index (Phi) is 7.82. The molecule has 4 N–H and O–H groups in total. The summed E-state index contributed by atoms with van der Waals surface area (Å²) in [5, 5.41) is 6.21. The lowest BCUT2D eigenvalue weighted by atomic mass is 9.85. The van der Waals surface area contributed by atoms with Crippen LogP contribution in [0.4, 0.5) is 0 Å². The van der Waals surface area contributed by atoms with Crippen molar-refractivity contribution in [2.45, 2.75) is 58.7 Å². The molecule has 2 heterocycles. The number of carbonyl (C=O) groups is 2. The molecule has 1 amide bonds. The van der Waals surface area contributed by atoms with Crippen molar-refractivity contribution in [3.8, 4) is 33.6 Å². The first-order chi connectivity index (χ1) is 19.6. The Morgan fingerprint density at radius 3 is 1.98 bits per heavy atom. The van der Waals surface area contributed by atoms with E-state index in [2.05, 4.69) is 79.1 Å². The lowest BCUT2D eigenvalue weighted by Gasteiger charge is -2.34. The number of nitrogens with zero attached hydrogens (tertiary/aromatic N) is 2. The van der Waals surface area contributed by atoms with E-state index in [1.165, 1.54) is 0 Å². The second-order valence-electron chi connectivity index (χ2n) is 12.0. The van der Waals surface area contributed by atoms with Crippen LogP contribution in [0.25, 0.3) is 33.6 Å². The van der Waals surface area contributed by atoms with Gasteiger partial charge in [-0.15, -0.1) is 0 Å². The van der Waals surface area contributed by atoms with E-state index in [1.807, 2.05) is 34.0 Å². The first-order valence-corrected chi connectivity index (χ1v) is 14.0. The van der Waals surface area contributed by atoms with E-state index >= 15 is 0 Å². The van der Waals surface area contributed by atoms with Gasteiger partial charge < -0.3 is 25.3 Å². The van der Waals surface area contributed by atoms with Crippen molar-refractivity contribution in [1.82, 2.24) is 30.6 Å². The molecule has 41 heavy (non-hydrogen) atoms.